The molecule has 2 heterocycles. The Balaban J connectivity index is 1.77. The number of hydrogen-bond acceptors (Lipinski definition) is 3. The number of carbonyl (C=O) groups is 2. The fraction of sp³-hybridized carbons (Fsp3) is 0.294. The lowest BCUT2D eigenvalue weighted by Crippen LogP contribution is -2.37. The molecule has 1 atom stereocenters. The Kier molecular flexibility index (Phi) is 4.06. The minimum Gasteiger partial charge on any atom is -0.394 e. The van der Waals surface area contributed by atoms with Crippen LogP contribution in [0, 0.1) is 0 Å². The lowest BCUT2D eigenvalue weighted by molar-refractivity contribution is 0.0677. The number of aliphatic hydroxyl groups is 1. The van der Waals surface area contributed by atoms with E-state index >= 15 is 0 Å². The molecule has 0 unspecified atom stereocenters. The van der Waals surface area contributed by atoms with Crippen LogP contribution in [0.1, 0.15) is 39.1 Å². The number of aromatic amines is 1. The third-order valence-corrected chi connectivity index (χ3v) is 4.10. The quantitative estimate of drug-likeness (QED) is 0.846. The number of aliphatic hydroxyl groups excluding tert-OH is 1. The molecule has 0 spiro atoms. The second-order valence-electron chi connectivity index (χ2n) is 5.48. The molecule has 5 heteroatoms. The average Bonchev–Trinajstić information content (AvgIpc) is 3.24. The van der Waals surface area contributed by atoms with Gasteiger partial charge < -0.3 is 15.0 Å². The van der Waals surface area contributed by atoms with Gasteiger partial charge in [0.2, 0.25) is 0 Å². The lowest BCUT2D eigenvalue weighted by atomic mass is 10.0. The first-order chi connectivity index (χ1) is 10.7. The maximum atomic E-state index is 12.5. The first-order valence-corrected chi connectivity index (χ1v) is 7.40. The van der Waals surface area contributed by atoms with Gasteiger partial charge in [0, 0.05) is 35.6 Å². The van der Waals surface area contributed by atoms with Crippen LogP contribution in [0.4, 0.5) is 0 Å². The monoisotopic (exact) mass is 298 g/mol. The van der Waals surface area contributed by atoms with E-state index in [1.807, 2.05) is 0 Å². The Morgan fingerprint density at radius 3 is 2.50 bits per heavy atom. The van der Waals surface area contributed by atoms with Gasteiger partial charge in [0.15, 0.2) is 5.78 Å². The number of nitrogens with one attached hydrogen (secondary N) is 1. The molecule has 0 bridgehead atoms. The van der Waals surface area contributed by atoms with Crippen molar-refractivity contribution in [2.24, 2.45) is 0 Å². The van der Waals surface area contributed by atoms with Crippen LogP contribution in [0.2, 0.25) is 0 Å². The van der Waals surface area contributed by atoms with Crippen LogP contribution in [0.5, 0.6) is 0 Å². The van der Waals surface area contributed by atoms with Crippen molar-refractivity contribution in [3.63, 3.8) is 0 Å². The zero-order valence-electron chi connectivity index (χ0n) is 12.2. The van der Waals surface area contributed by atoms with Crippen LogP contribution >= 0.6 is 0 Å². The molecular weight excluding hydrogens is 280 g/mol. The maximum Gasteiger partial charge on any atom is 0.254 e. The summed E-state index contributed by atoms with van der Waals surface area (Å²) < 4.78 is 0. The van der Waals surface area contributed by atoms with Crippen LogP contribution in [-0.4, -0.2) is 45.9 Å². The second-order valence-corrected chi connectivity index (χ2v) is 5.48. The number of carbonyl (C=O) groups excluding carboxylic acids is 2. The number of rotatable bonds is 4. The third-order valence-electron chi connectivity index (χ3n) is 4.10. The van der Waals surface area contributed by atoms with Gasteiger partial charge in [-0.1, -0.05) is 12.1 Å². The Labute approximate surface area is 128 Å². The van der Waals surface area contributed by atoms with Gasteiger partial charge >= 0.3 is 0 Å². The van der Waals surface area contributed by atoms with Gasteiger partial charge in [0.1, 0.15) is 0 Å². The topological polar surface area (TPSA) is 73.4 Å². The number of hydrogen-bond donors (Lipinski definition) is 2. The first-order valence-electron chi connectivity index (χ1n) is 7.40. The van der Waals surface area contributed by atoms with E-state index in [4.69, 9.17) is 0 Å². The van der Waals surface area contributed by atoms with Gasteiger partial charge in [0.25, 0.3) is 5.91 Å². The zero-order chi connectivity index (χ0) is 15.5. The molecule has 0 aliphatic carbocycles. The number of benzene rings is 1. The number of ketones is 1. The van der Waals surface area contributed by atoms with Crippen molar-refractivity contribution in [3.05, 3.63) is 59.4 Å². The Morgan fingerprint density at radius 1 is 1.14 bits per heavy atom. The van der Waals surface area contributed by atoms with Gasteiger partial charge in [-0.15, -0.1) is 0 Å². The van der Waals surface area contributed by atoms with Crippen molar-refractivity contribution in [1.29, 1.82) is 0 Å². The van der Waals surface area contributed by atoms with E-state index < -0.39 is 0 Å². The minimum atomic E-state index is -0.0892. The van der Waals surface area contributed by atoms with Crippen LogP contribution in [0.25, 0.3) is 0 Å². The van der Waals surface area contributed by atoms with Crippen LogP contribution in [0.3, 0.4) is 0 Å². The molecule has 2 N–H and O–H groups in total. The summed E-state index contributed by atoms with van der Waals surface area (Å²) in [6, 6.07) is 8.33. The highest BCUT2D eigenvalue weighted by Gasteiger charge is 2.28. The lowest BCUT2D eigenvalue weighted by Gasteiger charge is -2.23. The summed E-state index contributed by atoms with van der Waals surface area (Å²) in [5.74, 6) is -0.160. The van der Waals surface area contributed by atoms with Gasteiger partial charge in [-0.2, -0.15) is 0 Å². The van der Waals surface area contributed by atoms with E-state index in [0.29, 0.717) is 23.2 Å². The van der Waals surface area contributed by atoms with Crippen molar-refractivity contribution in [1.82, 2.24) is 9.88 Å². The number of aromatic nitrogens is 1. The molecule has 3 rings (SSSR count). The first kappa shape index (κ1) is 14.5. The molecule has 1 saturated heterocycles. The molecule has 1 aliphatic rings. The summed E-state index contributed by atoms with van der Waals surface area (Å²) in [7, 11) is 0. The number of H-pyrrole nitrogens is 1. The van der Waals surface area contributed by atoms with E-state index in [2.05, 4.69) is 4.98 Å². The van der Waals surface area contributed by atoms with Crippen molar-refractivity contribution >= 4 is 11.7 Å². The van der Waals surface area contributed by atoms with Gasteiger partial charge in [-0.05, 0) is 31.0 Å². The van der Waals surface area contributed by atoms with E-state index in [1.54, 1.807) is 47.6 Å². The van der Waals surface area contributed by atoms with E-state index in [9.17, 15) is 14.7 Å². The smallest absolute Gasteiger partial charge is 0.254 e. The average molecular weight is 298 g/mol. The molecule has 114 valence electrons. The Hall–Kier alpha value is -2.40. The molecule has 1 fully saturated rings. The molecule has 0 radical (unpaired) electrons. The Morgan fingerprint density at radius 2 is 1.86 bits per heavy atom. The summed E-state index contributed by atoms with van der Waals surface area (Å²) in [5.41, 5.74) is 1.70. The summed E-state index contributed by atoms with van der Waals surface area (Å²) in [6.07, 6.45) is 5.11. The third kappa shape index (κ3) is 2.67. The highest BCUT2D eigenvalue weighted by molar-refractivity contribution is 6.09. The molecule has 0 saturated carbocycles. The summed E-state index contributed by atoms with van der Waals surface area (Å²) in [6.45, 7) is 0.671. The summed E-state index contributed by atoms with van der Waals surface area (Å²) >= 11 is 0. The minimum absolute atomic E-state index is 0.00417. The van der Waals surface area contributed by atoms with Crippen LogP contribution in [0.15, 0.2) is 42.7 Å². The molecule has 1 aliphatic heterocycles. The highest BCUT2D eigenvalue weighted by atomic mass is 16.3. The largest absolute Gasteiger partial charge is 0.394 e. The SMILES string of the molecule is O=C(c1ccc(C(=O)N2CCC[C@@H]2CO)cc1)c1cc[nH]c1. The molecule has 5 nitrogen and oxygen atoms in total. The van der Waals surface area contributed by atoms with E-state index in [-0.39, 0.29) is 24.3 Å². The predicted molar refractivity (Wildman–Crippen MR) is 81.8 cm³/mol. The number of amides is 1. The van der Waals surface area contributed by atoms with E-state index in [0.717, 1.165) is 12.8 Å². The molecule has 1 aromatic heterocycles. The Bertz CT molecular complexity index is 662. The van der Waals surface area contributed by atoms with Crippen molar-refractivity contribution < 1.29 is 14.7 Å². The standard InChI is InChI=1S/C17H18N2O3/c20-11-15-2-1-9-19(15)17(22)13-5-3-12(4-6-13)16(21)14-7-8-18-10-14/h3-8,10,15,18,20H,1-2,9,11H2/t15-/m1/s1. The van der Waals surface area contributed by atoms with E-state index in [1.165, 1.54) is 0 Å². The van der Waals surface area contributed by atoms with Gasteiger partial charge in [-0.3, -0.25) is 9.59 Å². The van der Waals surface area contributed by atoms with Crippen molar-refractivity contribution in [2.45, 2.75) is 18.9 Å². The van der Waals surface area contributed by atoms with Crippen molar-refractivity contribution in [3.8, 4) is 0 Å². The highest BCUT2D eigenvalue weighted by Crippen LogP contribution is 2.20. The predicted octanol–water partition coefficient (Wildman–Crippen LogP) is 1.84. The summed E-state index contributed by atoms with van der Waals surface area (Å²) in [4.78, 5) is 29.2. The normalized spacial score (nSPS) is 17.7. The van der Waals surface area contributed by atoms with Gasteiger partial charge in [0.05, 0.1) is 12.6 Å². The molecule has 2 aromatic rings. The number of nitrogens with zero attached hydrogens (tertiary/aromatic N) is 1. The fourth-order valence-electron chi connectivity index (χ4n) is 2.85. The molecule has 1 aromatic carbocycles. The molecule has 1 amide bonds. The second kappa shape index (κ2) is 6.15. The molecule has 22 heavy (non-hydrogen) atoms. The van der Waals surface area contributed by atoms with Gasteiger partial charge in [-0.25, -0.2) is 0 Å². The summed E-state index contributed by atoms with van der Waals surface area (Å²) in [5, 5.41) is 9.31. The number of likely N-dealkylation sites (tertiary alicyclic amines) is 1. The zero-order valence-corrected chi connectivity index (χ0v) is 12.2. The van der Waals surface area contributed by atoms with Crippen molar-refractivity contribution in [2.75, 3.05) is 13.2 Å². The van der Waals surface area contributed by atoms with Crippen LogP contribution in [-0.2, 0) is 0 Å². The fourth-order valence-corrected chi connectivity index (χ4v) is 2.85. The molecular formula is C17H18N2O3. The maximum absolute atomic E-state index is 12.5. The van der Waals surface area contributed by atoms with Crippen LogP contribution < -0.4 is 0 Å².